The predicted octanol–water partition coefficient (Wildman–Crippen LogP) is 4.26. The molecule has 0 aromatic carbocycles. The van der Waals surface area contributed by atoms with E-state index in [2.05, 4.69) is 33.7 Å². The van der Waals surface area contributed by atoms with Crippen LogP contribution in [-0.4, -0.2) is 15.7 Å². The molecular formula is C13H13N3S3. The molecule has 0 bridgehead atoms. The van der Waals surface area contributed by atoms with Gasteiger partial charge >= 0.3 is 0 Å². The molecule has 3 nitrogen and oxygen atoms in total. The van der Waals surface area contributed by atoms with E-state index >= 15 is 0 Å². The van der Waals surface area contributed by atoms with Gasteiger partial charge < -0.3 is 5.73 Å². The van der Waals surface area contributed by atoms with Gasteiger partial charge in [0.25, 0.3) is 0 Å². The molecule has 2 N–H and O–H groups in total. The molecule has 0 amide bonds. The van der Waals surface area contributed by atoms with E-state index in [1.54, 1.807) is 22.7 Å². The Hall–Kier alpha value is -1.11. The number of hydrogen-bond acceptors (Lipinski definition) is 6. The Morgan fingerprint density at radius 2 is 2.21 bits per heavy atom. The summed E-state index contributed by atoms with van der Waals surface area (Å²) in [6.45, 7) is 2.13. The first kappa shape index (κ1) is 12.9. The van der Waals surface area contributed by atoms with Gasteiger partial charge in [0, 0.05) is 15.8 Å². The van der Waals surface area contributed by atoms with Crippen molar-refractivity contribution in [3.8, 4) is 10.4 Å². The highest BCUT2D eigenvalue weighted by Crippen LogP contribution is 2.38. The average molecular weight is 307 g/mol. The fraction of sp³-hybridized carbons (Fsp3) is 0.231. The normalized spacial score (nSPS) is 11.2. The van der Waals surface area contributed by atoms with Crippen LogP contribution in [0.5, 0.6) is 0 Å². The summed E-state index contributed by atoms with van der Waals surface area (Å²) in [5.74, 6) is 3.31. The molecule has 3 rings (SSSR count). The van der Waals surface area contributed by atoms with Gasteiger partial charge in [0.05, 0.1) is 11.1 Å². The third-order valence-corrected chi connectivity index (χ3v) is 5.38. The number of hydrogen-bond donors (Lipinski definition) is 1. The van der Waals surface area contributed by atoms with Crippen LogP contribution in [0.1, 0.15) is 12.7 Å². The van der Waals surface area contributed by atoms with Crippen molar-refractivity contribution in [2.75, 3.05) is 11.5 Å². The lowest BCUT2D eigenvalue weighted by molar-refractivity contribution is 1.08. The van der Waals surface area contributed by atoms with Gasteiger partial charge in [-0.1, -0.05) is 13.0 Å². The zero-order valence-electron chi connectivity index (χ0n) is 10.4. The monoisotopic (exact) mass is 307 g/mol. The van der Waals surface area contributed by atoms with Crippen LogP contribution >= 0.6 is 34.4 Å². The maximum absolute atomic E-state index is 6.13. The fourth-order valence-electron chi connectivity index (χ4n) is 1.89. The number of nitrogens with two attached hydrogens (primary N) is 1. The van der Waals surface area contributed by atoms with Crippen molar-refractivity contribution >= 4 is 50.5 Å². The van der Waals surface area contributed by atoms with Crippen molar-refractivity contribution in [3.05, 3.63) is 28.7 Å². The number of anilines is 1. The zero-order chi connectivity index (χ0) is 13.2. The standard InChI is InChI=1S/C13H13N3S3/c1-2-17-7-10-15-12(14)11-8(6-19-13(11)16-10)9-4-3-5-18-9/h3-6H,2,7H2,1H3,(H2,14,15,16). The van der Waals surface area contributed by atoms with Crippen molar-refractivity contribution in [2.45, 2.75) is 12.7 Å². The second-order valence-corrected chi connectivity index (χ2v) is 7.05. The highest BCUT2D eigenvalue weighted by Gasteiger charge is 2.13. The Morgan fingerprint density at radius 1 is 1.32 bits per heavy atom. The number of rotatable bonds is 4. The molecule has 0 saturated carbocycles. The number of nitrogen functional groups attached to an aromatic ring is 1. The molecule has 0 aliphatic heterocycles. The van der Waals surface area contributed by atoms with Gasteiger partial charge in [0.15, 0.2) is 0 Å². The van der Waals surface area contributed by atoms with Crippen molar-refractivity contribution in [3.63, 3.8) is 0 Å². The maximum atomic E-state index is 6.13. The van der Waals surface area contributed by atoms with Crippen LogP contribution in [-0.2, 0) is 5.75 Å². The Bertz CT molecular complexity index is 689. The van der Waals surface area contributed by atoms with Gasteiger partial charge in [-0.15, -0.1) is 22.7 Å². The van der Waals surface area contributed by atoms with Gasteiger partial charge in [-0.2, -0.15) is 11.8 Å². The first-order chi connectivity index (χ1) is 9.29. The van der Waals surface area contributed by atoms with E-state index in [1.807, 2.05) is 17.8 Å². The molecule has 0 aliphatic carbocycles. The van der Waals surface area contributed by atoms with Crippen molar-refractivity contribution in [2.24, 2.45) is 0 Å². The van der Waals surface area contributed by atoms with E-state index in [0.717, 1.165) is 33.1 Å². The lowest BCUT2D eigenvalue weighted by Gasteiger charge is -2.03. The Kier molecular flexibility index (Phi) is 3.72. The molecule has 0 unspecified atom stereocenters. The molecule has 3 aromatic rings. The molecule has 19 heavy (non-hydrogen) atoms. The minimum Gasteiger partial charge on any atom is -0.383 e. The third-order valence-electron chi connectivity index (χ3n) is 2.73. The van der Waals surface area contributed by atoms with E-state index < -0.39 is 0 Å². The van der Waals surface area contributed by atoms with Crippen molar-refractivity contribution < 1.29 is 0 Å². The summed E-state index contributed by atoms with van der Waals surface area (Å²) in [6, 6.07) is 4.15. The molecule has 0 fully saturated rings. The molecular weight excluding hydrogens is 294 g/mol. The lowest BCUT2D eigenvalue weighted by atomic mass is 10.2. The van der Waals surface area contributed by atoms with E-state index in [1.165, 1.54) is 4.88 Å². The lowest BCUT2D eigenvalue weighted by Crippen LogP contribution is -1.99. The Labute approximate surface area is 123 Å². The molecule has 0 aliphatic rings. The Morgan fingerprint density at radius 3 is 2.95 bits per heavy atom. The predicted molar refractivity (Wildman–Crippen MR) is 87.0 cm³/mol. The van der Waals surface area contributed by atoms with Crippen molar-refractivity contribution in [1.82, 2.24) is 9.97 Å². The number of thioether (sulfide) groups is 1. The summed E-state index contributed by atoms with van der Waals surface area (Å²) in [5, 5.41) is 5.19. The van der Waals surface area contributed by atoms with Crippen LogP contribution < -0.4 is 5.73 Å². The Balaban J connectivity index is 2.09. The van der Waals surface area contributed by atoms with Crippen LogP contribution in [0.4, 0.5) is 5.82 Å². The van der Waals surface area contributed by atoms with Gasteiger partial charge in [0.2, 0.25) is 0 Å². The van der Waals surface area contributed by atoms with Crippen LogP contribution in [0, 0.1) is 0 Å². The summed E-state index contributed by atoms with van der Waals surface area (Å²) < 4.78 is 0. The zero-order valence-corrected chi connectivity index (χ0v) is 12.9. The van der Waals surface area contributed by atoms with Gasteiger partial charge in [0.1, 0.15) is 16.5 Å². The first-order valence-electron chi connectivity index (χ1n) is 5.94. The third kappa shape index (κ3) is 2.48. The molecule has 0 radical (unpaired) electrons. The maximum Gasteiger partial charge on any atom is 0.142 e. The molecule has 3 heterocycles. The van der Waals surface area contributed by atoms with Crippen LogP contribution in [0.2, 0.25) is 0 Å². The van der Waals surface area contributed by atoms with Gasteiger partial charge in [-0.3, -0.25) is 0 Å². The minimum atomic E-state index is 0.598. The minimum absolute atomic E-state index is 0.598. The summed E-state index contributed by atoms with van der Waals surface area (Å²) in [7, 11) is 0. The van der Waals surface area contributed by atoms with Crippen LogP contribution in [0.25, 0.3) is 20.7 Å². The fourth-order valence-corrected chi connectivity index (χ4v) is 4.19. The highest BCUT2D eigenvalue weighted by atomic mass is 32.2. The topological polar surface area (TPSA) is 51.8 Å². The summed E-state index contributed by atoms with van der Waals surface area (Å²) in [4.78, 5) is 11.3. The van der Waals surface area contributed by atoms with E-state index in [4.69, 9.17) is 5.73 Å². The number of aromatic nitrogens is 2. The van der Waals surface area contributed by atoms with Crippen molar-refractivity contribution in [1.29, 1.82) is 0 Å². The molecule has 0 saturated heterocycles. The first-order valence-corrected chi connectivity index (χ1v) is 8.86. The van der Waals surface area contributed by atoms with Crippen LogP contribution in [0.15, 0.2) is 22.9 Å². The highest BCUT2D eigenvalue weighted by molar-refractivity contribution is 7.98. The largest absolute Gasteiger partial charge is 0.383 e. The molecule has 3 aromatic heterocycles. The second-order valence-electron chi connectivity index (χ2n) is 3.97. The number of thiophene rings is 2. The number of fused-ring (bicyclic) bond motifs is 1. The van der Waals surface area contributed by atoms with E-state index in [9.17, 15) is 0 Å². The summed E-state index contributed by atoms with van der Waals surface area (Å²) in [5.41, 5.74) is 7.29. The second kappa shape index (κ2) is 5.48. The quantitative estimate of drug-likeness (QED) is 0.782. The number of nitrogens with zero attached hydrogens (tertiary/aromatic N) is 2. The molecule has 6 heteroatoms. The average Bonchev–Trinajstić information content (AvgIpc) is 3.04. The summed E-state index contributed by atoms with van der Waals surface area (Å²) >= 11 is 5.16. The van der Waals surface area contributed by atoms with Gasteiger partial charge in [-0.25, -0.2) is 9.97 Å². The smallest absolute Gasteiger partial charge is 0.142 e. The van der Waals surface area contributed by atoms with E-state index in [0.29, 0.717) is 5.82 Å². The van der Waals surface area contributed by atoms with Crippen LogP contribution in [0.3, 0.4) is 0 Å². The molecule has 0 spiro atoms. The molecule has 98 valence electrons. The SMILES string of the molecule is CCSCc1nc(N)c2c(-c3cccs3)csc2n1. The van der Waals surface area contributed by atoms with E-state index in [-0.39, 0.29) is 0 Å². The molecule has 0 atom stereocenters. The summed E-state index contributed by atoms with van der Waals surface area (Å²) in [6.07, 6.45) is 0. The van der Waals surface area contributed by atoms with Gasteiger partial charge in [-0.05, 0) is 17.2 Å².